The van der Waals surface area contributed by atoms with Gasteiger partial charge in [0.1, 0.15) is 5.78 Å². The number of benzene rings is 1. The second kappa shape index (κ2) is 9.29. The highest BCUT2D eigenvalue weighted by atomic mass is 19.4. The van der Waals surface area contributed by atoms with Crippen LogP contribution in [0.25, 0.3) is 0 Å². The molecule has 0 spiro atoms. The van der Waals surface area contributed by atoms with Gasteiger partial charge in [0.25, 0.3) is 5.91 Å². The van der Waals surface area contributed by atoms with Crippen LogP contribution in [-0.2, 0) is 22.1 Å². The Morgan fingerprint density at radius 1 is 1.24 bits per heavy atom. The molecule has 9 heteroatoms. The summed E-state index contributed by atoms with van der Waals surface area (Å²) < 4.78 is 46.4. The Morgan fingerprint density at radius 2 is 2.00 bits per heavy atom. The molecule has 6 nitrogen and oxygen atoms in total. The smallest absolute Gasteiger partial charge is 0.377 e. The Balaban J connectivity index is 1.42. The van der Waals surface area contributed by atoms with E-state index in [1.807, 2.05) is 11.5 Å². The van der Waals surface area contributed by atoms with Crippen molar-refractivity contribution in [2.24, 2.45) is 5.92 Å². The third kappa shape index (κ3) is 4.98. The summed E-state index contributed by atoms with van der Waals surface area (Å²) in [6, 6.07) is 4.50. The molecule has 2 aliphatic rings. The summed E-state index contributed by atoms with van der Waals surface area (Å²) >= 11 is 0. The van der Waals surface area contributed by atoms with E-state index in [9.17, 15) is 22.8 Å². The number of carbonyl (C=O) groups excluding carboxylic acids is 2. The first-order valence-corrected chi connectivity index (χ1v) is 11.2. The molecule has 2 fully saturated rings. The molecule has 1 aliphatic carbocycles. The lowest BCUT2D eigenvalue weighted by Gasteiger charge is -2.35. The molecule has 2 atom stereocenters. The number of hydrogen-bond acceptors (Lipinski definition) is 4. The van der Waals surface area contributed by atoms with Gasteiger partial charge in [-0.1, -0.05) is 12.5 Å². The van der Waals surface area contributed by atoms with Crippen molar-refractivity contribution in [3.05, 3.63) is 53.1 Å². The molecule has 4 rings (SSSR count). The van der Waals surface area contributed by atoms with Crippen LogP contribution < -0.4 is 0 Å². The van der Waals surface area contributed by atoms with Crippen LogP contribution in [0.3, 0.4) is 0 Å². The quantitative estimate of drug-likeness (QED) is 0.644. The average molecular weight is 464 g/mol. The van der Waals surface area contributed by atoms with Crippen molar-refractivity contribution in [2.45, 2.75) is 57.3 Å². The summed E-state index contributed by atoms with van der Waals surface area (Å²) in [5.41, 5.74) is 0.897. The molecule has 0 unspecified atom stereocenters. The molecule has 0 bridgehead atoms. The first kappa shape index (κ1) is 23.5. The van der Waals surface area contributed by atoms with Gasteiger partial charge in [-0.05, 0) is 44.4 Å². The number of aryl methyl sites for hydroxylation is 1. The van der Waals surface area contributed by atoms with Gasteiger partial charge < -0.3 is 14.2 Å². The number of halogens is 3. The number of nitrogens with zero attached hydrogens (tertiary/aromatic N) is 3. The topological polar surface area (TPSA) is 64.4 Å². The number of rotatable bonds is 6. The fourth-order valence-electron chi connectivity index (χ4n) is 4.71. The molecular formula is C24H28F3N3O3. The van der Waals surface area contributed by atoms with Gasteiger partial charge in [-0.2, -0.15) is 13.2 Å². The Hall–Kier alpha value is -2.68. The Bertz CT molecular complexity index is 1030. The molecule has 33 heavy (non-hydrogen) atoms. The molecule has 0 N–H and O–H groups in total. The summed E-state index contributed by atoms with van der Waals surface area (Å²) in [4.78, 5) is 31.9. The number of imidazole rings is 1. The van der Waals surface area contributed by atoms with Gasteiger partial charge in [-0.3, -0.25) is 9.59 Å². The molecule has 1 aromatic heterocycles. The van der Waals surface area contributed by atoms with Crippen LogP contribution in [0.2, 0.25) is 0 Å². The summed E-state index contributed by atoms with van der Waals surface area (Å²) in [7, 11) is 1.61. The Morgan fingerprint density at radius 3 is 2.67 bits per heavy atom. The number of Topliss-reactive ketones (excluding diaryl/α,β-unsaturated/α-hetero) is 1. The highest BCUT2D eigenvalue weighted by Crippen LogP contribution is 2.32. The Labute approximate surface area is 190 Å². The Kier molecular flexibility index (Phi) is 6.61. The second-order valence-corrected chi connectivity index (χ2v) is 9.03. The van der Waals surface area contributed by atoms with Gasteiger partial charge in [0.15, 0.2) is 0 Å². The van der Waals surface area contributed by atoms with Gasteiger partial charge in [-0.25, -0.2) is 4.98 Å². The minimum atomic E-state index is -4.51. The van der Waals surface area contributed by atoms with Crippen LogP contribution in [0, 0.1) is 12.8 Å². The molecule has 0 radical (unpaired) electrons. The van der Waals surface area contributed by atoms with Crippen molar-refractivity contribution in [1.29, 1.82) is 0 Å². The van der Waals surface area contributed by atoms with Crippen molar-refractivity contribution in [1.82, 2.24) is 14.5 Å². The standard InChI is InChI=1S/C24H28F3N3O3/c1-15-21(30(14-28-15)20-12-33-13-20)11-22(31)16-5-4-8-19(10-16)29(2)23(32)17-6-3-7-18(9-17)24(25,26)27/h3,6-7,9,14,16,19-20H,4-5,8,10-13H2,1-2H3/t16-,19+/m0/s1. The van der Waals surface area contributed by atoms with E-state index in [1.165, 1.54) is 17.0 Å². The number of carbonyl (C=O) groups is 2. The maximum Gasteiger partial charge on any atom is 0.416 e. The zero-order valence-electron chi connectivity index (χ0n) is 18.8. The van der Waals surface area contributed by atoms with Crippen LogP contribution in [-0.4, -0.2) is 52.4 Å². The van der Waals surface area contributed by atoms with Crippen LogP contribution in [0.1, 0.15) is 59.0 Å². The van der Waals surface area contributed by atoms with Crippen molar-refractivity contribution < 1.29 is 27.5 Å². The molecule has 178 valence electrons. The van der Waals surface area contributed by atoms with Gasteiger partial charge in [0.2, 0.25) is 0 Å². The van der Waals surface area contributed by atoms with Crippen LogP contribution in [0.15, 0.2) is 30.6 Å². The molecule has 1 aliphatic heterocycles. The van der Waals surface area contributed by atoms with Gasteiger partial charge in [0.05, 0.1) is 36.8 Å². The molecule has 1 amide bonds. The first-order chi connectivity index (χ1) is 15.6. The summed E-state index contributed by atoms with van der Waals surface area (Å²) in [5, 5.41) is 0. The molecule has 2 aromatic rings. The molecule has 1 saturated carbocycles. The zero-order valence-corrected chi connectivity index (χ0v) is 18.8. The maximum atomic E-state index is 13.2. The van der Waals surface area contributed by atoms with Crippen LogP contribution in [0.5, 0.6) is 0 Å². The highest BCUT2D eigenvalue weighted by Gasteiger charge is 2.34. The van der Waals surface area contributed by atoms with Gasteiger partial charge in [0, 0.05) is 36.7 Å². The van der Waals surface area contributed by atoms with Gasteiger partial charge >= 0.3 is 6.18 Å². The van der Waals surface area contributed by atoms with E-state index in [1.54, 1.807) is 13.4 Å². The van der Waals surface area contributed by atoms with E-state index in [-0.39, 0.29) is 35.8 Å². The monoisotopic (exact) mass is 463 g/mol. The predicted molar refractivity (Wildman–Crippen MR) is 115 cm³/mol. The van der Waals surface area contributed by atoms with E-state index in [0.29, 0.717) is 19.6 Å². The SMILES string of the molecule is Cc1ncn(C2COC2)c1CC(=O)[C@H]1CCC[C@@H](N(C)C(=O)c2cccc(C(F)(F)F)c2)C1. The van der Waals surface area contributed by atoms with E-state index in [0.717, 1.165) is 42.8 Å². The molecule has 1 saturated heterocycles. The van der Waals surface area contributed by atoms with Crippen molar-refractivity contribution in [2.75, 3.05) is 20.3 Å². The zero-order chi connectivity index (χ0) is 23.8. The molecule has 1 aromatic carbocycles. The van der Waals surface area contributed by atoms with Crippen molar-refractivity contribution in [3.8, 4) is 0 Å². The fraction of sp³-hybridized carbons (Fsp3) is 0.542. The predicted octanol–water partition coefficient (Wildman–Crippen LogP) is 4.22. The fourth-order valence-corrected chi connectivity index (χ4v) is 4.71. The van der Waals surface area contributed by atoms with E-state index < -0.39 is 17.6 Å². The van der Waals surface area contributed by atoms with Crippen LogP contribution >= 0.6 is 0 Å². The summed E-state index contributed by atoms with van der Waals surface area (Å²) in [5.74, 6) is -0.538. The highest BCUT2D eigenvalue weighted by molar-refractivity contribution is 5.94. The lowest BCUT2D eigenvalue weighted by molar-refractivity contribution is -0.137. The molecule has 2 heterocycles. The van der Waals surface area contributed by atoms with Crippen molar-refractivity contribution in [3.63, 3.8) is 0 Å². The largest absolute Gasteiger partial charge is 0.416 e. The van der Waals surface area contributed by atoms with E-state index in [2.05, 4.69) is 4.98 Å². The van der Waals surface area contributed by atoms with Gasteiger partial charge in [-0.15, -0.1) is 0 Å². The number of hydrogen-bond donors (Lipinski definition) is 0. The normalized spacial score (nSPS) is 21.5. The number of alkyl halides is 3. The third-order valence-corrected chi connectivity index (χ3v) is 6.87. The third-order valence-electron chi connectivity index (χ3n) is 6.87. The average Bonchev–Trinajstić information content (AvgIpc) is 3.11. The minimum Gasteiger partial charge on any atom is -0.377 e. The number of aromatic nitrogens is 2. The number of ketones is 1. The van der Waals surface area contributed by atoms with Crippen molar-refractivity contribution >= 4 is 11.7 Å². The minimum absolute atomic E-state index is 0.00280. The van der Waals surface area contributed by atoms with Crippen LogP contribution in [0.4, 0.5) is 13.2 Å². The summed E-state index contributed by atoms with van der Waals surface area (Å²) in [6.07, 6.45) is 0.312. The lowest BCUT2D eigenvalue weighted by Crippen LogP contribution is -2.42. The molecular weight excluding hydrogens is 435 g/mol. The maximum absolute atomic E-state index is 13.2. The van der Waals surface area contributed by atoms with E-state index >= 15 is 0 Å². The number of amides is 1. The summed E-state index contributed by atoms with van der Waals surface area (Å²) in [6.45, 7) is 3.12. The van der Waals surface area contributed by atoms with E-state index in [4.69, 9.17) is 4.74 Å². The first-order valence-electron chi connectivity index (χ1n) is 11.2. The number of ether oxygens (including phenoxy) is 1. The second-order valence-electron chi connectivity index (χ2n) is 9.03. The lowest BCUT2D eigenvalue weighted by atomic mass is 9.81.